The summed E-state index contributed by atoms with van der Waals surface area (Å²) in [6.07, 6.45) is 7.43. The highest BCUT2D eigenvalue weighted by molar-refractivity contribution is 14.1. The summed E-state index contributed by atoms with van der Waals surface area (Å²) in [6.45, 7) is 0. The molecule has 2 atom stereocenters. The van der Waals surface area contributed by atoms with Crippen molar-refractivity contribution in [3.8, 4) is 0 Å². The highest BCUT2D eigenvalue weighted by Gasteiger charge is 2.23. The molecule has 2 unspecified atom stereocenters. The average Bonchev–Trinajstić information content (AvgIpc) is 2.25. The summed E-state index contributed by atoms with van der Waals surface area (Å²) in [5, 5.41) is 12.9. The zero-order valence-corrected chi connectivity index (χ0v) is 10.5. The van der Waals surface area contributed by atoms with E-state index in [1.54, 1.807) is 12.4 Å². The molecule has 0 amide bonds. The van der Waals surface area contributed by atoms with Crippen molar-refractivity contribution in [2.45, 2.75) is 37.8 Å². The van der Waals surface area contributed by atoms with Crippen LogP contribution >= 0.6 is 22.6 Å². The molecule has 4 nitrogen and oxygen atoms in total. The smallest absolute Gasteiger partial charge is 0.222 e. The number of aliphatic hydroxyl groups is 1. The maximum Gasteiger partial charge on any atom is 0.222 e. The number of aliphatic hydroxyl groups excluding tert-OH is 1. The van der Waals surface area contributed by atoms with Crippen molar-refractivity contribution < 1.29 is 5.11 Å². The zero-order chi connectivity index (χ0) is 10.7. The summed E-state index contributed by atoms with van der Waals surface area (Å²) in [5.41, 5.74) is 0. The molecule has 1 aromatic rings. The van der Waals surface area contributed by atoms with Gasteiger partial charge in [-0.05, 0) is 35.4 Å². The minimum Gasteiger partial charge on any atom is -0.391 e. The van der Waals surface area contributed by atoms with Crippen LogP contribution in [0.2, 0.25) is 0 Å². The minimum absolute atomic E-state index is 0.110. The number of aromatic nitrogens is 2. The van der Waals surface area contributed by atoms with Crippen LogP contribution in [0.15, 0.2) is 12.4 Å². The molecule has 0 radical (unpaired) electrons. The molecule has 1 aliphatic carbocycles. The van der Waals surface area contributed by atoms with Gasteiger partial charge >= 0.3 is 0 Å². The van der Waals surface area contributed by atoms with Crippen LogP contribution in [0.3, 0.4) is 0 Å². The molecule has 15 heavy (non-hydrogen) atoms. The Kier molecular flexibility index (Phi) is 3.74. The number of anilines is 1. The summed E-state index contributed by atoms with van der Waals surface area (Å²) < 4.78 is 1.02. The van der Waals surface area contributed by atoms with Crippen LogP contribution in [0.5, 0.6) is 0 Å². The topological polar surface area (TPSA) is 58.0 Å². The van der Waals surface area contributed by atoms with Crippen LogP contribution in [0.25, 0.3) is 0 Å². The second-order valence-electron chi connectivity index (χ2n) is 3.83. The van der Waals surface area contributed by atoms with Crippen LogP contribution in [0.4, 0.5) is 5.95 Å². The molecule has 1 aromatic heterocycles. The van der Waals surface area contributed by atoms with E-state index in [0.29, 0.717) is 5.95 Å². The lowest BCUT2D eigenvalue weighted by Gasteiger charge is -2.28. The third kappa shape index (κ3) is 3.01. The Balaban J connectivity index is 1.98. The van der Waals surface area contributed by atoms with Crippen molar-refractivity contribution in [3.05, 3.63) is 16.0 Å². The van der Waals surface area contributed by atoms with Gasteiger partial charge in [-0.3, -0.25) is 0 Å². The summed E-state index contributed by atoms with van der Waals surface area (Å²) in [4.78, 5) is 8.33. The van der Waals surface area contributed by atoms with Gasteiger partial charge < -0.3 is 10.4 Å². The van der Waals surface area contributed by atoms with Crippen molar-refractivity contribution in [1.29, 1.82) is 0 Å². The Morgan fingerprint density at radius 3 is 2.60 bits per heavy atom. The second-order valence-corrected chi connectivity index (χ2v) is 5.07. The maximum absolute atomic E-state index is 9.77. The molecule has 1 heterocycles. The van der Waals surface area contributed by atoms with E-state index in [0.717, 1.165) is 22.8 Å². The van der Waals surface area contributed by atoms with Gasteiger partial charge in [-0.25, -0.2) is 9.97 Å². The van der Waals surface area contributed by atoms with Crippen molar-refractivity contribution in [2.24, 2.45) is 0 Å². The lowest BCUT2D eigenvalue weighted by atomic mass is 9.93. The molecular formula is C10H14IN3O. The highest BCUT2D eigenvalue weighted by atomic mass is 127. The first-order valence-electron chi connectivity index (χ1n) is 5.18. The van der Waals surface area contributed by atoms with E-state index in [2.05, 4.69) is 37.9 Å². The molecule has 0 aromatic carbocycles. The van der Waals surface area contributed by atoms with Gasteiger partial charge in [0.25, 0.3) is 0 Å². The second kappa shape index (κ2) is 5.07. The molecule has 1 aliphatic rings. The first-order valence-corrected chi connectivity index (χ1v) is 6.26. The largest absolute Gasteiger partial charge is 0.391 e. The SMILES string of the molecule is OC1CCCCC1Nc1ncc(I)cn1. The Bertz CT molecular complexity index is 317. The van der Waals surface area contributed by atoms with Gasteiger partial charge in [0, 0.05) is 16.0 Å². The molecule has 82 valence electrons. The van der Waals surface area contributed by atoms with Crippen molar-refractivity contribution >= 4 is 28.5 Å². The average molecular weight is 319 g/mol. The number of nitrogens with zero attached hydrogens (tertiary/aromatic N) is 2. The maximum atomic E-state index is 9.77. The quantitative estimate of drug-likeness (QED) is 0.816. The van der Waals surface area contributed by atoms with Crippen LogP contribution in [0, 0.1) is 3.57 Å². The zero-order valence-electron chi connectivity index (χ0n) is 8.36. The van der Waals surface area contributed by atoms with Crippen LogP contribution in [0.1, 0.15) is 25.7 Å². The van der Waals surface area contributed by atoms with Crippen molar-refractivity contribution in [1.82, 2.24) is 9.97 Å². The fourth-order valence-corrected chi connectivity index (χ4v) is 2.11. The van der Waals surface area contributed by atoms with Gasteiger partial charge in [-0.2, -0.15) is 0 Å². The predicted molar refractivity (Wildman–Crippen MR) is 66.6 cm³/mol. The molecule has 0 bridgehead atoms. The van der Waals surface area contributed by atoms with Gasteiger partial charge in [0.15, 0.2) is 0 Å². The van der Waals surface area contributed by atoms with E-state index in [1.807, 2.05) is 0 Å². The number of hydrogen-bond donors (Lipinski definition) is 2. The molecule has 0 saturated heterocycles. The number of nitrogens with one attached hydrogen (secondary N) is 1. The third-order valence-corrected chi connectivity index (χ3v) is 3.22. The molecular weight excluding hydrogens is 305 g/mol. The minimum atomic E-state index is -0.262. The molecule has 2 rings (SSSR count). The van der Waals surface area contributed by atoms with E-state index >= 15 is 0 Å². The van der Waals surface area contributed by atoms with E-state index in [1.165, 1.54) is 6.42 Å². The lowest BCUT2D eigenvalue weighted by molar-refractivity contribution is 0.116. The van der Waals surface area contributed by atoms with Gasteiger partial charge in [0.05, 0.1) is 12.1 Å². The summed E-state index contributed by atoms with van der Waals surface area (Å²) in [5.74, 6) is 0.612. The van der Waals surface area contributed by atoms with E-state index < -0.39 is 0 Å². The predicted octanol–water partition coefficient (Wildman–Crippen LogP) is 1.80. The van der Waals surface area contributed by atoms with Crippen LogP contribution in [-0.2, 0) is 0 Å². The Hall–Kier alpha value is -0.430. The fourth-order valence-electron chi connectivity index (χ4n) is 1.83. The Morgan fingerprint density at radius 1 is 1.27 bits per heavy atom. The Morgan fingerprint density at radius 2 is 1.93 bits per heavy atom. The van der Waals surface area contributed by atoms with Gasteiger partial charge in [0.1, 0.15) is 0 Å². The number of hydrogen-bond acceptors (Lipinski definition) is 4. The third-order valence-electron chi connectivity index (χ3n) is 2.66. The van der Waals surface area contributed by atoms with Crippen molar-refractivity contribution in [2.75, 3.05) is 5.32 Å². The van der Waals surface area contributed by atoms with Gasteiger partial charge in [0.2, 0.25) is 5.95 Å². The highest BCUT2D eigenvalue weighted by Crippen LogP contribution is 2.20. The van der Waals surface area contributed by atoms with Crippen molar-refractivity contribution in [3.63, 3.8) is 0 Å². The van der Waals surface area contributed by atoms with E-state index in [9.17, 15) is 5.11 Å². The van der Waals surface area contributed by atoms with Gasteiger partial charge in [-0.15, -0.1) is 0 Å². The van der Waals surface area contributed by atoms with E-state index in [-0.39, 0.29) is 12.1 Å². The summed E-state index contributed by atoms with van der Waals surface area (Å²) >= 11 is 2.17. The number of halogens is 1. The first-order chi connectivity index (χ1) is 7.25. The fraction of sp³-hybridized carbons (Fsp3) is 0.600. The standard InChI is InChI=1S/C10H14IN3O/c11-7-5-12-10(13-6-7)14-8-3-1-2-4-9(8)15/h5-6,8-9,15H,1-4H2,(H,12,13,14). The molecule has 5 heteroatoms. The van der Waals surface area contributed by atoms with E-state index in [4.69, 9.17) is 0 Å². The summed E-state index contributed by atoms with van der Waals surface area (Å²) in [6, 6.07) is 0.110. The molecule has 1 fully saturated rings. The lowest BCUT2D eigenvalue weighted by Crippen LogP contribution is -2.36. The van der Waals surface area contributed by atoms with Gasteiger partial charge in [-0.1, -0.05) is 12.8 Å². The normalized spacial score (nSPS) is 26.3. The molecule has 2 N–H and O–H groups in total. The monoisotopic (exact) mass is 319 g/mol. The van der Waals surface area contributed by atoms with Crippen LogP contribution in [-0.4, -0.2) is 27.2 Å². The molecule has 1 saturated carbocycles. The first kappa shape index (κ1) is 11.1. The van der Waals surface area contributed by atoms with Crippen LogP contribution < -0.4 is 5.32 Å². The Labute approximate surface area is 103 Å². The summed E-state index contributed by atoms with van der Waals surface area (Å²) in [7, 11) is 0. The molecule has 0 aliphatic heterocycles. The number of rotatable bonds is 2. The molecule has 0 spiro atoms.